The number of urea groups is 1. The number of hydrogen-bond acceptors (Lipinski definition) is 6. The van der Waals surface area contributed by atoms with Gasteiger partial charge in [0.1, 0.15) is 13.1 Å². The van der Waals surface area contributed by atoms with Gasteiger partial charge >= 0.3 is 6.03 Å². The van der Waals surface area contributed by atoms with Crippen molar-refractivity contribution in [3.8, 4) is 10.7 Å². The van der Waals surface area contributed by atoms with Gasteiger partial charge in [-0.2, -0.15) is 4.98 Å². The maximum atomic E-state index is 12.5. The Balaban J connectivity index is 1.48. The zero-order valence-electron chi connectivity index (χ0n) is 12.8. The van der Waals surface area contributed by atoms with Crippen molar-refractivity contribution in [2.75, 3.05) is 6.54 Å². The highest BCUT2D eigenvalue weighted by Gasteiger charge is 2.41. The molecular weight excluding hydrogens is 396 g/mol. The minimum atomic E-state index is -0.245. The summed E-state index contributed by atoms with van der Waals surface area (Å²) in [5, 5.41) is 3.93. The molecule has 2 fully saturated rings. The first kappa shape index (κ1) is 15.8. The molecule has 1 saturated heterocycles. The molecule has 1 aliphatic heterocycles. The van der Waals surface area contributed by atoms with Crippen LogP contribution in [0.4, 0.5) is 4.79 Å². The standard InChI is InChI=1S/C15H15BrN4O3S/c16-11-6-5-10(24-11)14-17-12(23-18-14)7-20-13(21)8-19(15(20)22)9-3-1-2-4-9/h5-6,9H,1-4,7-8H2. The molecule has 0 bridgehead atoms. The molecule has 1 aliphatic carbocycles. The van der Waals surface area contributed by atoms with E-state index in [-0.39, 0.29) is 37.0 Å². The molecule has 2 aromatic rings. The minimum Gasteiger partial charge on any atom is -0.337 e. The topological polar surface area (TPSA) is 79.5 Å². The van der Waals surface area contributed by atoms with Gasteiger partial charge in [-0.3, -0.25) is 9.69 Å². The molecule has 1 saturated carbocycles. The Morgan fingerprint density at radius 2 is 2.08 bits per heavy atom. The van der Waals surface area contributed by atoms with Gasteiger partial charge in [0.05, 0.1) is 8.66 Å². The lowest BCUT2D eigenvalue weighted by molar-refractivity contribution is -0.126. The Kier molecular flexibility index (Phi) is 4.13. The van der Waals surface area contributed by atoms with Gasteiger partial charge in [0.25, 0.3) is 5.91 Å². The first-order valence-electron chi connectivity index (χ1n) is 7.81. The number of rotatable bonds is 4. The van der Waals surface area contributed by atoms with E-state index < -0.39 is 0 Å². The van der Waals surface area contributed by atoms with Gasteiger partial charge in [0, 0.05) is 6.04 Å². The molecule has 0 atom stereocenters. The first-order valence-corrected chi connectivity index (χ1v) is 9.42. The van der Waals surface area contributed by atoms with Gasteiger partial charge < -0.3 is 9.42 Å². The number of thiophene rings is 1. The third-order valence-electron chi connectivity index (χ3n) is 4.40. The van der Waals surface area contributed by atoms with Crippen molar-refractivity contribution in [1.29, 1.82) is 0 Å². The lowest BCUT2D eigenvalue weighted by Crippen LogP contribution is -2.37. The van der Waals surface area contributed by atoms with Crippen LogP contribution in [0.15, 0.2) is 20.4 Å². The summed E-state index contributed by atoms with van der Waals surface area (Å²) in [6, 6.07) is 3.74. The van der Waals surface area contributed by atoms with Gasteiger partial charge in [-0.1, -0.05) is 18.0 Å². The van der Waals surface area contributed by atoms with Gasteiger partial charge in [-0.15, -0.1) is 11.3 Å². The molecule has 0 aromatic carbocycles. The van der Waals surface area contributed by atoms with Crippen LogP contribution < -0.4 is 0 Å². The summed E-state index contributed by atoms with van der Waals surface area (Å²) in [7, 11) is 0. The van der Waals surface area contributed by atoms with E-state index in [9.17, 15) is 9.59 Å². The Morgan fingerprint density at radius 3 is 2.79 bits per heavy atom. The van der Waals surface area contributed by atoms with Crippen LogP contribution in [0.25, 0.3) is 10.7 Å². The van der Waals surface area contributed by atoms with Crippen LogP contribution in [0, 0.1) is 0 Å². The van der Waals surface area contributed by atoms with E-state index >= 15 is 0 Å². The van der Waals surface area contributed by atoms with Gasteiger partial charge in [0.15, 0.2) is 0 Å². The number of halogens is 1. The van der Waals surface area contributed by atoms with Gasteiger partial charge in [-0.05, 0) is 40.9 Å². The first-order chi connectivity index (χ1) is 11.6. The third kappa shape index (κ3) is 2.86. The van der Waals surface area contributed by atoms with Crippen LogP contribution in [-0.2, 0) is 11.3 Å². The largest absolute Gasteiger partial charge is 0.337 e. The van der Waals surface area contributed by atoms with Crippen LogP contribution in [-0.4, -0.2) is 44.5 Å². The molecule has 24 heavy (non-hydrogen) atoms. The second-order valence-electron chi connectivity index (χ2n) is 5.94. The van der Waals surface area contributed by atoms with Crippen molar-refractivity contribution in [3.05, 3.63) is 21.8 Å². The minimum absolute atomic E-state index is 0.0282. The second-order valence-corrected chi connectivity index (χ2v) is 8.41. The Hall–Kier alpha value is -1.74. The van der Waals surface area contributed by atoms with E-state index in [4.69, 9.17) is 4.52 Å². The average molecular weight is 411 g/mol. The highest BCUT2D eigenvalue weighted by molar-refractivity contribution is 9.11. The van der Waals surface area contributed by atoms with Crippen molar-refractivity contribution in [2.45, 2.75) is 38.3 Å². The molecule has 0 radical (unpaired) electrons. The van der Waals surface area contributed by atoms with E-state index in [1.165, 1.54) is 16.2 Å². The summed E-state index contributed by atoms with van der Waals surface area (Å²) in [4.78, 5) is 32.8. The van der Waals surface area contributed by atoms with Crippen LogP contribution in [0.2, 0.25) is 0 Å². The fourth-order valence-corrected chi connectivity index (χ4v) is 4.52. The summed E-state index contributed by atoms with van der Waals surface area (Å²) < 4.78 is 6.19. The van der Waals surface area contributed by atoms with Crippen molar-refractivity contribution < 1.29 is 14.1 Å². The monoisotopic (exact) mass is 410 g/mol. The van der Waals surface area contributed by atoms with Gasteiger partial charge in [-0.25, -0.2) is 4.79 Å². The Morgan fingerprint density at radius 1 is 1.29 bits per heavy atom. The molecule has 0 unspecified atom stereocenters. The average Bonchev–Trinajstić information content (AvgIpc) is 3.31. The van der Waals surface area contributed by atoms with Crippen molar-refractivity contribution >= 4 is 39.2 Å². The number of aromatic nitrogens is 2. The molecule has 0 spiro atoms. The molecule has 3 heterocycles. The third-order valence-corrected chi connectivity index (χ3v) is 6.02. The predicted molar refractivity (Wildman–Crippen MR) is 90.2 cm³/mol. The summed E-state index contributed by atoms with van der Waals surface area (Å²) in [5.74, 6) is 0.530. The van der Waals surface area contributed by atoms with Crippen molar-refractivity contribution in [1.82, 2.24) is 19.9 Å². The summed E-state index contributed by atoms with van der Waals surface area (Å²) in [5.41, 5.74) is 0. The van der Waals surface area contributed by atoms with E-state index in [0.29, 0.717) is 5.82 Å². The van der Waals surface area contributed by atoms with Crippen LogP contribution in [0.3, 0.4) is 0 Å². The fourth-order valence-electron chi connectivity index (χ4n) is 3.21. The normalized spacial score (nSPS) is 19.0. The number of carbonyl (C=O) groups is 2. The fraction of sp³-hybridized carbons (Fsp3) is 0.467. The molecule has 126 valence electrons. The van der Waals surface area contributed by atoms with Crippen LogP contribution in [0.5, 0.6) is 0 Å². The molecule has 3 amide bonds. The van der Waals surface area contributed by atoms with E-state index in [0.717, 1.165) is 34.3 Å². The highest BCUT2D eigenvalue weighted by atomic mass is 79.9. The quantitative estimate of drug-likeness (QED) is 0.722. The maximum absolute atomic E-state index is 12.5. The number of imide groups is 1. The molecule has 2 aliphatic rings. The Bertz CT molecular complexity index is 783. The number of carbonyl (C=O) groups excluding carboxylic acids is 2. The molecule has 0 N–H and O–H groups in total. The molecule has 4 rings (SSSR count). The van der Waals surface area contributed by atoms with Crippen LogP contribution in [0.1, 0.15) is 31.6 Å². The lowest BCUT2D eigenvalue weighted by atomic mass is 10.2. The van der Waals surface area contributed by atoms with Gasteiger partial charge in [0.2, 0.25) is 11.7 Å². The SMILES string of the molecule is O=C1CN(C2CCCC2)C(=O)N1Cc1nc(-c2ccc(Br)s2)no1. The summed E-state index contributed by atoms with van der Waals surface area (Å²) >= 11 is 4.88. The molecular formula is C15H15BrN4O3S. The lowest BCUT2D eigenvalue weighted by Gasteiger charge is -2.22. The van der Waals surface area contributed by atoms with E-state index in [2.05, 4.69) is 26.1 Å². The van der Waals surface area contributed by atoms with Crippen molar-refractivity contribution in [3.63, 3.8) is 0 Å². The summed E-state index contributed by atoms with van der Waals surface area (Å²) in [6.45, 7) is 0.183. The predicted octanol–water partition coefficient (Wildman–Crippen LogP) is 3.27. The van der Waals surface area contributed by atoms with E-state index in [1.54, 1.807) is 4.90 Å². The van der Waals surface area contributed by atoms with E-state index in [1.807, 2.05) is 12.1 Å². The van der Waals surface area contributed by atoms with Crippen molar-refractivity contribution in [2.24, 2.45) is 0 Å². The number of hydrogen-bond donors (Lipinski definition) is 0. The smallest absolute Gasteiger partial charge is 0.327 e. The highest BCUT2D eigenvalue weighted by Crippen LogP contribution is 2.30. The molecule has 9 heteroatoms. The number of nitrogens with zero attached hydrogens (tertiary/aromatic N) is 4. The van der Waals surface area contributed by atoms with Crippen LogP contribution >= 0.6 is 27.3 Å². The second kappa shape index (κ2) is 6.29. The number of amides is 3. The maximum Gasteiger partial charge on any atom is 0.327 e. The zero-order valence-corrected chi connectivity index (χ0v) is 15.2. The molecule has 7 nitrogen and oxygen atoms in total. The zero-order chi connectivity index (χ0) is 16.7. The molecule has 2 aromatic heterocycles. The summed E-state index contributed by atoms with van der Waals surface area (Å²) in [6.07, 6.45) is 4.19. The Labute approximate surface area is 150 Å².